The van der Waals surface area contributed by atoms with Crippen molar-refractivity contribution in [2.45, 2.75) is 6.92 Å². The number of piperazine rings is 1. The highest BCUT2D eigenvalue weighted by molar-refractivity contribution is 7.92. The first-order valence-electron chi connectivity index (χ1n) is 10.3. The molecule has 0 unspecified atom stereocenters. The molecule has 5 rings (SSSR count). The maximum absolute atomic E-state index is 12.8. The maximum Gasteiger partial charge on any atom is 0.236 e. The van der Waals surface area contributed by atoms with E-state index >= 15 is 0 Å². The van der Waals surface area contributed by atoms with Crippen LogP contribution in [0.5, 0.6) is 0 Å². The second kappa shape index (κ2) is 8.74. The highest BCUT2D eigenvalue weighted by Crippen LogP contribution is 2.40. The van der Waals surface area contributed by atoms with Crippen LogP contribution in [0, 0.1) is 6.92 Å². The molecular formula is C23H22N4O2S3. The number of anilines is 1. The Balaban J connectivity index is 1.39. The predicted octanol–water partition coefficient (Wildman–Crippen LogP) is 4.85. The number of nitrogens with zero attached hydrogens (tertiary/aromatic N) is 4. The van der Waals surface area contributed by atoms with E-state index in [0.29, 0.717) is 26.2 Å². The van der Waals surface area contributed by atoms with Crippen LogP contribution in [0.25, 0.3) is 26.7 Å². The van der Waals surface area contributed by atoms with Crippen LogP contribution in [0.15, 0.2) is 58.6 Å². The third-order valence-corrected chi connectivity index (χ3v) is 8.78. The molecule has 1 aromatic carbocycles. The zero-order chi connectivity index (χ0) is 22.1. The lowest BCUT2D eigenvalue weighted by Crippen LogP contribution is -2.48. The van der Waals surface area contributed by atoms with Crippen molar-refractivity contribution in [3.05, 3.63) is 70.0 Å². The summed E-state index contributed by atoms with van der Waals surface area (Å²) < 4.78 is 27.2. The Labute approximate surface area is 195 Å². The molecule has 0 atom stereocenters. The summed E-state index contributed by atoms with van der Waals surface area (Å²) in [5, 5.41) is 6.57. The van der Waals surface area contributed by atoms with Gasteiger partial charge in [-0.1, -0.05) is 36.4 Å². The molecule has 0 radical (unpaired) electrons. The molecule has 0 N–H and O–H groups in total. The highest BCUT2D eigenvalue weighted by atomic mass is 32.2. The zero-order valence-electron chi connectivity index (χ0n) is 17.5. The van der Waals surface area contributed by atoms with Gasteiger partial charge in [-0.2, -0.15) is 4.31 Å². The molecule has 9 heteroatoms. The molecule has 4 aromatic rings. The molecule has 1 aliphatic rings. The van der Waals surface area contributed by atoms with Gasteiger partial charge in [0, 0.05) is 47.4 Å². The van der Waals surface area contributed by atoms with E-state index in [0.717, 1.165) is 33.0 Å². The van der Waals surface area contributed by atoms with Gasteiger partial charge in [-0.15, -0.1) is 22.7 Å². The summed E-state index contributed by atoms with van der Waals surface area (Å²) in [6, 6.07) is 13.6. The van der Waals surface area contributed by atoms with Crippen molar-refractivity contribution in [2.24, 2.45) is 0 Å². The minimum Gasteiger partial charge on any atom is -0.353 e. The number of rotatable bonds is 5. The lowest BCUT2D eigenvalue weighted by molar-refractivity contribution is 0.389. The average Bonchev–Trinajstić information content (AvgIpc) is 3.48. The minimum absolute atomic E-state index is 0.421. The van der Waals surface area contributed by atoms with Gasteiger partial charge in [-0.05, 0) is 30.0 Å². The Morgan fingerprint density at radius 2 is 1.75 bits per heavy atom. The fraction of sp³-hybridized carbons (Fsp3) is 0.217. The van der Waals surface area contributed by atoms with Crippen molar-refractivity contribution in [2.75, 3.05) is 31.1 Å². The van der Waals surface area contributed by atoms with Crippen LogP contribution in [-0.2, 0) is 10.0 Å². The Hall–Kier alpha value is -2.59. The van der Waals surface area contributed by atoms with Crippen molar-refractivity contribution in [3.8, 4) is 10.4 Å². The monoisotopic (exact) mass is 482 g/mol. The lowest BCUT2D eigenvalue weighted by atomic mass is 10.2. The van der Waals surface area contributed by atoms with E-state index in [1.807, 2.05) is 43.3 Å². The van der Waals surface area contributed by atoms with Crippen LogP contribution in [0.2, 0.25) is 0 Å². The van der Waals surface area contributed by atoms with Crippen molar-refractivity contribution in [3.63, 3.8) is 0 Å². The summed E-state index contributed by atoms with van der Waals surface area (Å²) in [7, 11) is -3.47. The number of sulfonamides is 1. The van der Waals surface area contributed by atoms with E-state index in [1.165, 1.54) is 10.3 Å². The summed E-state index contributed by atoms with van der Waals surface area (Å²) >= 11 is 3.33. The van der Waals surface area contributed by atoms with E-state index < -0.39 is 10.0 Å². The molecule has 6 nitrogen and oxygen atoms in total. The van der Waals surface area contributed by atoms with Crippen LogP contribution < -0.4 is 4.90 Å². The first kappa shape index (κ1) is 21.3. The van der Waals surface area contributed by atoms with Gasteiger partial charge < -0.3 is 4.90 Å². The van der Waals surface area contributed by atoms with E-state index in [4.69, 9.17) is 4.98 Å². The van der Waals surface area contributed by atoms with Gasteiger partial charge in [0.1, 0.15) is 16.5 Å². The standard InChI is InChI=1S/C23H22N4O2S3/c1-17-24-22(21-19(16-31-23(21)25-17)20-8-5-14-30-20)26-10-12-27(13-11-26)32(28,29)15-9-18-6-3-2-4-7-18/h2-9,14-16H,10-13H2,1H3/b15-9-. The molecule has 0 spiro atoms. The van der Waals surface area contributed by atoms with E-state index in [1.54, 1.807) is 33.1 Å². The second-order valence-electron chi connectivity index (χ2n) is 7.55. The molecule has 1 fully saturated rings. The van der Waals surface area contributed by atoms with Crippen LogP contribution in [0.3, 0.4) is 0 Å². The summed E-state index contributed by atoms with van der Waals surface area (Å²) in [5.41, 5.74) is 2.02. The van der Waals surface area contributed by atoms with Gasteiger partial charge in [0.25, 0.3) is 0 Å². The Bertz CT molecular complexity index is 1360. The Kier molecular flexibility index (Phi) is 5.81. The van der Waals surface area contributed by atoms with Gasteiger partial charge in [0.2, 0.25) is 10.0 Å². The molecule has 32 heavy (non-hydrogen) atoms. The number of hydrogen-bond donors (Lipinski definition) is 0. The van der Waals surface area contributed by atoms with Crippen LogP contribution in [-0.4, -0.2) is 48.9 Å². The minimum atomic E-state index is -3.47. The molecule has 1 saturated heterocycles. The summed E-state index contributed by atoms with van der Waals surface area (Å²) in [6.45, 7) is 3.92. The van der Waals surface area contributed by atoms with Gasteiger partial charge in [0.05, 0.1) is 5.39 Å². The van der Waals surface area contributed by atoms with Gasteiger partial charge in [0.15, 0.2) is 0 Å². The van der Waals surface area contributed by atoms with Crippen LogP contribution >= 0.6 is 22.7 Å². The third kappa shape index (κ3) is 4.21. The molecule has 4 heterocycles. The molecule has 0 aliphatic carbocycles. The summed E-state index contributed by atoms with van der Waals surface area (Å²) in [6.07, 6.45) is 1.65. The first-order chi connectivity index (χ1) is 15.5. The molecule has 1 aliphatic heterocycles. The quantitative estimate of drug-likeness (QED) is 0.407. The SMILES string of the molecule is Cc1nc(N2CCN(S(=O)(=O)/C=C\c3ccccc3)CC2)c2c(-c3cccs3)csc2n1. The zero-order valence-corrected chi connectivity index (χ0v) is 20.0. The number of aryl methyl sites for hydroxylation is 1. The fourth-order valence-corrected chi connectivity index (χ4v) is 6.81. The smallest absolute Gasteiger partial charge is 0.236 e. The van der Waals surface area contributed by atoms with E-state index in [-0.39, 0.29) is 0 Å². The summed E-state index contributed by atoms with van der Waals surface area (Å²) in [5.74, 6) is 1.63. The number of aromatic nitrogens is 2. The molecule has 164 valence electrons. The van der Waals surface area contributed by atoms with Crippen molar-refractivity contribution in [1.29, 1.82) is 0 Å². The fourth-order valence-electron chi connectivity index (χ4n) is 3.84. The van der Waals surface area contributed by atoms with Crippen LogP contribution in [0.4, 0.5) is 5.82 Å². The maximum atomic E-state index is 12.8. The topological polar surface area (TPSA) is 66.4 Å². The molecule has 0 bridgehead atoms. The van der Waals surface area contributed by atoms with Gasteiger partial charge in [-0.25, -0.2) is 18.4 Å². The van der Waals surface area contributed by atoms with Crippen molar-refractivity contribution in [1.82, 2.24) is 14.3 Å². The molecule has 0 amide bonds. The Morgan fingerprint density at radius 1 is 0.969 bits per heavy atom. The number of fused-ring (bicyclic) bond motifs is 1. The van der Waals surface area contributed by atoms with E-state index in [9.17, 15) is 8.42 Å². The van der Waals surface area contributed by atoms with Gasteiger partial charge >= 0.3 is 0 Å². The van der Waals surface area contributed by atoms with Crippen molar-refractivity contribution >= 4 is 54.8 Å². The Morgan fingerprint density at radius 3 is 2.47 bits per heavy atom. The van der Waals surface area contributed by atoms with Crippen LogP contribution in [0.1, 0.15) is 11.4 Å². The number of benzene rings is 1. The molecule has 3 aromatic heterocycles. The first-order valence-corrected chi connectivity index (χ1v) is 13.6. The molecule has 0 saturated carbocycles. The summed E-state index contributed by atoms with van der Waals surface area (Å²) in [4.78, 5) is 13.8. The molecular weight excluding hydrogens is 460 g/mol. The largest absolute Gasteiger partial charge is 0.353 e. The number of thiophene rings is 2. The van der Waals surface area contributed by atoms with Gasteiger partial charge in [-0.3, -0.25) is 0 Å². The normalized spacial score (nSPS) is 15.7. The predicted molar refractivity (Wildman–Crippen MR) is 134 cm³/mol. The van der Waals surface area contributed by atoms with E-state index in [2.05, 4.69) is 26.7 Å². The lowest BCUT2D eigenvalue weighted by Gasteiger charge is -2.34. The van der Waals surface area contributed by atoms with Crippen molar-refractivity contribution < 1.29 is 8.42 Å². The second-order valence-corrected chi connectivity index (χ2v) is 11.2. The highest BCUT2D eigenvalue weighted by Gasteiger charge is 2.28. The average molecular weight is 483 g/mol. The third-order valence-electron chi connectivity index (χ3n) is 5.44. The number of hydrogen-bond acceptors (Lipinski definition) is 7.